The smallest absolute Gasteiger partial charge is 0.221 e. The minimum Gasteiger partial charge on any atom is -0.503 e. The Balaban J connectivity index is 3.56. The van der Waals surface area contributed by atoms with Crippen molar-refractivity contribution in [3.05, 3.63) is 38.5 Å². The van der Waals surface area contributed by atoms with Crippen LogP contribution in [-0.2, 0) is 0 Å². The molecular weight excluding hydrogens is 208 g/mol. The molecule has 0 aliphatic carbocycles. The van der Waals surface area contributed by atoms with Crippen molar-refractivity contribution in [1.82, 2.24) is 0 Å². The highest BCUT2D eigenvalue weighted by Crippen LogP contribution is 2.18. The maximum Gasteiger partial charge on any atom is 0.221 e. The van der Waals surface area contributed by atoms with Crippen molar-refractivity contribution in [1.29, 1.82) is 0 Å². The molecule has 0 spiro atoms. The predicted octanol–water partition coefficient (Wildman–Crippen LogP) is 1.82. The van der Waals surface area contributed by atoms with E-state index in [1.165, 1.54) is 6.07 Å². The van der Waals surface area contributed by atoms with E-state index in [9.17, 15) is 4.79 Å². The summed E-state index contributed by atoms with van der Waals surface area (Å²) < 4.78 is 0.435. The molecule has 0 aliphatic heterocycles. The number of aryl methyl sites for hydroxylation is 1. The molecule has 3 heteroatoms. The van der Waals surface area contributed by atoms with Crippen molar-refractivity contribution in [2.75, 3.05) is 0 Å². The second-order valence-corrected chi connectivity index (χ2v) is 3.14. The van der Waals surface area contributed by atoms with Crippen LogP contribution in [0.3, 0.4) is 0 Å². The molecule has 1 rings (SSSR count). The Hall–Kier alpha value is -0.830. The van der Waals surface area contributed by atoms with E-state index in [-0.39, 0.29) is 11.2 Å². The quantitative estimate of drug-likeness (QED) is 0.716. The van der Waals surface area contributed by atoms with E-state index in [1.54, 1.807) is 12.1 Å². The monoisotopic (exact) mass is 214 g/mol. The van der Waals surface area contributed by atoms with Gasteiger partial charge in [0.1, 0.15) is 0 Å². The molecule has 58 valence electrons. The number of hydrogen-bond acceptors (Lipinski definition) is 2. The molecule has 2 nitrogen and oxygen atoms in total. The number of hydrogen-bond donors (Lipinski definition) is 1. The molecule has 0 atom stereocenters. The molecule has 1 N–H and O–H groups in total. The fourth-order valence-corrected chi connectivity index (χ4v) is 1.28. The second-order valence-electron chi connectivity index (χ2n) is 2.28. The summed E-state index contributed by atoms with van der Waals surface area (Å²) in [6, 6.07) is 4.69. The van der Waals surface area contributed by atoms with Crippen LogP contribution in [0.2, 0.25) is 0 Å². The third-order valence-electron chi connectivity index (χ3n) is 1.31. The first-order chi connectivity index (χ1) is 5.11. The van der Waals surface area contributed by atoms with Crippen LogP contribution in [0.15, 0.2) is 27.5 Å². The van der Waals surface area contributed by atoms with Crippen LogP contribution >= 0.6 is 15.9 Å². The van der Waals surface area contributed by atoms with Crippen LogP contribution in [0.4, 0.5) is 0 Å². The largest absolute Gasteiger partial charge is 0.503 e. The number of rotatable bonds is 0. The first-order valence-electron chi connectivity index (χ1n) is 3.10. The summed E-state index contributed by atoms with van der Waals surface area (Å²) in [6.07, 6.45) is 0. The zero-order valence-electron chi connectivity index (χ0n) is 5.97. The summed E-state index contributed by atoms with van der Waals surface area (Å²) in [5.74, 6) is -0.238. The van der Waals surface area contributed by atoms with Crippen molar-refractivity contribution < 1.29 is 5.11 Å². The summed E-state index contributed by atoms with van der Waals surface area (Å²) >= 11 is 3.08. The average Bonchev–Trinajstić information content (AvgIpc) is 2.05. The summed E-state index contributed by atoms with van der Waals surface area (Å²) in [5.41, 5.74) is 0.555. The molecule has 0 saturated heterocycles. The molecule has 0 radical (unpaired) electrons. The van der Waals surface area contributed by atoms with Gasteiger partial charge in [-0.25, -0.2) is 0 Å². The number of aromatic hydroxyl groups is 1. The molecule has 0 heterocycles. The zero-order chi connectivity index (χ0) is 8.43. The molecule has 0 amide bonds. The van der Waals surface area contributed by atoms with E-state index in [0.29, 0.717) is 4.47 Å². The fraction of sp³-hybridized carbons (Fsp3) is 0.125. The maximum atomic E-state index is 10.9. The molecule has 1 aromatic rings. The summed E-state index contributed by atoms with van der Waals surface area (Å²) in [6.45, 7) is 1.85. The normalized spacial score (nSPS) is 9.64. The van der Waals surface area contributed by atoms with Crippen molar-refractivity contribution in [3.63, 3.8) is 0 Å². The standard InChI is InChI=1S/C8H7BrO2/c1-5-2-3-7(10)8(11)6(9)4-5/h2-4H,1H3,(H,10,11). The molecule has 0 unspecified atom stereocenters. The molecule has 0 bridgehead atoms. The Kier molecular flexibility index (Phi) is 2.29. The van der Waals surface area contributed by atoms with Crippen molar-refractivity contribution in [2.24, 2.45) is 0 Å². The van der Waals surface area contributed by atoms with E-state index in [4.69, 9.17) is 5.11 Å². The van der Waals surface area contributed by atoms with Gasteiger partial charge in [-0.15, -0.1) is 0 Å². The van der Waals surface area contributed by atoms with Crippen LogP contribution < -0.4 is 5.43 Å². The predicted molar refractivity (Wildman–Crippen MR) is 46.8 cm³/mol. The van der Waals surface area contributed by atoms with Gasteiger partial charge in [0.15, 0.2) is 5.75 Å². The summed E-state index contributed by atoms with van der Waals surface area (Å²) in [7, 11) is 0. The van der Waals surface area contributed by atoms with Gasteiger partial charge in [0.2, 0.25) is 5.43 Å². The third-order valence-corrected chi connectivity index (χ3v) is 1.92. The van der Waals surface area contributed by atoms with Crippen molar-refractivity contribution >= 4 is 15.9 Å². The molecule has 1 aromatic carbocycles. The molecule has 0 aliphatic rings. The Morgan fingerprint density at radius 3 is 2.73 bits per heavy atom. The minimum absolute atomic E-state index is 0.238. The van der Waals surface area contributed by atoms with Crippen LogP contribution in [0.5, 0.6) is 5.75 Å². The van der Waals surface area contributed by atoms with Crippen molar-refractivity contribution in [3.8, 4) is 5.75 Å². The van der Waals surface area contributed by atoms with Gasteiger partial charge in [0.25, 0.3) is 0 Å². The summed E-state index contributed by atoms with van der Waals surface area (Å²) in [4.78, 5) is 10.9. The Bertz CT molecular complexity index is 333. The van der Waals surface area contributed by atoms with Crippen LogP contribution in [-0.4, -0.2) is 5.11 Å². The topological polar surface area (TPSA) is 37.3 Å². The first-order valence-corrected chi connectivity index (χ1v) is 3.90. The van der Waals surface area contributed by atoms with Gasteiger partial charge in [0, 0.05) is 0 Å². The van der Waals surface area contributed by atoms with Gasteiger partial charge < -0.3 is 5.11 Å². The van der Waals surface area contributed by atoms with E-state index in [0.717, 1.165) is 5.56 Å². The van der Waals surface area contributed by atoms with Crippen LogP contribution in [0.25, 0.3) is 0 Å². The Morgan fingerprint density at radius 1 is 1.45 bits per heavy atom. The highest BCUT2D eigenvalue weighted by molar-refractivity contribution is 9.10. The van der Waals surface area contributed by atoms with E-state index >= 15 is 0 Å². The Morgan fingerprint density at radius 2 is 2.09 bits per heavy atom. The van der Waals surface area contributed by atoms with Crippen LogP contribution in [0.1, 0.15) is 5.56 Å². The molecular formula is C8H7BrO2. The van der Waals surface area contributed by atoms with Crippen molar-refractivity contribution in [2.45, 2.75) is 6.92 Å². The lowest BCUT2D eigenvalue weighted by molar-refractivity contribution is 0.467. The SMILES string of the molecule is Cc1ccc(=O)c(O)c(Br)c1. The van der Waals surface area contributed by atoms with Gasteiger partial charge >= 0.3 is 0 Å². The van der Waals surface area contributed by atoms with Gasteiger partial charge in [-0.05, 0) is 40.5 Å². The number of halogens is 1. The van der Waals surface area contributed by atoms with E-state index in [2.05, 4.69) is 15.9 Å². The average molecular weight is 215 g/mol. The van der Waals surface area contributed by atoms with E-state index < -0.39 is 0 Å². The van der Waals surface area contributed by atoms with Gasteiger partial charge in [-0.2, -0.15) is 0 Å². The molecule has 11 heavy (non-hydrogen) atoms. The van der Waals surface area contributed by atoms with Crippen LogP contribution in [0, 0.1) is 6.92 Å². The highest BCUT2D eigenvalue weighted by atomic mass is 79.9. The van der Waals surface area contributed by atoms with Gasteiger partial charge in [-0.3, -0.25) is 4.79 Å². The minimum atomic E-state index is -0.370. The maximum absolute atomic E-state index is 10.9. The lowest BCUT2D eigenvalue weighted by atomic mass is 10.3. The second kappa shape index (κ2) is 3.05. The highest BCUT2D eigenvalue weighted by Gasteiger charge is 1.98. The third kappa shape index (κ3) is 1.80. The zero-order valence-corrected chi connectivity index (χ0v) is 7.55. The fourth-order valence-electron chi connectivity index (χ4n) is 0.720. The Labute approximate surface area is 72.6 Å². The lowest BCUT2D eigenvalue weighted by Crippen LogP contribution is -1.92. The molecule has 0 saturated carbocycles. The van der Waals surface area contributed by atoms with Gasteiger partial charge in [-0.1, -0.05) is 6.07 Å². The van der Waals surface area contributed by atoms with Gasteiger partial charge in [0.05, 0.1) is 4.47 Å². The first kappa shape index (κ1) is 8.27. The molecule has 0 aromatic heterocycles. The van der Waals surface area contributed by atoms with E-state index in [1.807, 2.05) is 6.92 Å². The molecule has 0 fully saturated rings. The lowest BCUT2D eigenvalue weighted by Gasteiger charge is -1.85. The summed E-state index contributed by atoms with van der Waals surface area (Å²) in [5, 5.41) is 9.13.